The van der Waals surface area contributed by atoms with Crippen LogP contribution in [0.4, 0.5) is 0 Å². The van der Waals surface area contributed by atoms with E-state index >= 15 is 0 Å². The first-order valence-corrected chi connectivity index (χ1v) is 5.72. The third kappa shape index (κ3) is 2.44. The molecule has 0 spiro atoms. The van der Waals surface area contributed by atoms with Gasteiger partial charge in [0.1, 0.15) is 0 Å². The highest BCUT2D eigenvalue weighted by atomic mass is 15.2. The second-order valence-corrected chi connectivity index (χ2v) is 4.94. The van der Waals surface area contributed by atoms with Crippen LogP contribution in [0.3, 0.4) is 0 Å². The quantitative estimate of drug-likeness (QED) is 0.658. The van der Waals surface area contributed by atoms with Crippen LogP contribution in [0.1, 0.15) is 26.7 Å². The Balaban J connectivity index is 1.85. The fourth-order valence-corrected chi connectivity index (χ4v) is 2.42. The number of hydrogen-bond acceptors (Lipinski definition) is 2. The second-order valence-electron chi connectivity index (χ2n) is 4.94. The predicted octanol–water partition coefficient (Wildman–Crippen LogP) is 1.33. The molecule has 0 bridgehead atoms. The van der Waals surface area contributed by atoms with Gasteiger partial charge in [-0.2, -0.15) is 0 Å². The van der Waals surface area contributed by atoms with Gasteiger partial charge in [-0.1, -0.05) is 13.8 Å². The number of nitrogens with zero attached hydrogens (tertiary/aromatic N) is 1. The molecule has 1 N–H and O–H groups in total. The van der Waals surface area contributed by atoms with Crippen LogP contribution < -0.4 is 5.32 Å². The van der Waals surface area contributed by atoms with Gasteiger partial charge in [-0.3, -0.25) is 4.90 Å². The number of rotatable bonds is 1. The van der Waals surface area contributed by atoms with Gasteiger partial charge in [-0.25, -0.2) is 0 Å². The summed E-state index contributed by atoms with van der Waals surface area (Å²) < 4.78 is 0. The smallest absolute Gasteiger partial charge is 0.0125 e. The third-order valence-electron chi connectivity index (χ3n) is 3.37. The highest BCUT2D eigenvalue weighted by molar-refractivity contribution is 4.92. The molecule has 1 aliphatic carbocycles. The zero-order chi connectivity index (χ0) is 9.26. The summed E-state index contributed by atoms with van der Waals surface area (Å²) in [6.45, 7) is 9.78. The van der Waals surface area contributed by atoms with Gasteiger partial charge in [0.25, 0.3) is 0 Å². The molecule has 1 aliphatic heterocycles. The van der Waals surface area contributed by atoms with E-state index in [0.29, 0.717) is 0 Å². The zero-order valence-corrected chi connectivity index (χ0v) is 8.92. The molecule has 2 nitrogen and oxygen atoms in total. The van der Waals surface area contributed by atoms with Crippen molar-refractivity contribution in [2.45, 2.75) is 32.7 Å². The molecule has 1 heterocycles. The van der Waals surface area contributed by atoms with Gasteiger partial charge in [0.15, 0.2) is 0 Å². The molecule has 2 fully saturated rings. The summed E-state index contributed by atoms with van der Waals surface area (Å²) in [6.07, 6.45) is 2.77. The van der Waals surface area contributed by atoms with E-state index in [1.807, 2.05) is 0 Å². The van der Waals surface area contributed by atoms with Crippen molar-refractivity contribution in [3.8, 4) is 0 Å². The molecule has 2 heteroatoms. The Kier molecular flexibility index (Phi) is 2.89. The van der Waals surface area contributed by atoms with Gasteiger partial charge < -0.3 is 5.32 Å². The molecule has 0 amide bonds. The molecule has 2 aliphatic rings. The molecule has 0 aromatic carbocycles. The summed E-state index contributed by atoms with van der Waals surface area (Å²) in [5.41, 5.74) is 0. The van der Waals surface area contributed by atoms with Gasteiger partial charge in [0.05, 0.1) is 0 Å². The Labute approximate surface area is 81.7 Å². The second kappa shape index (κ2) is 3.97. The van der Waals surface area contributed by atoms with E-state index in [9.17, 15) is 0 Å². The Morgan fingerprint density at radius 3 is 2.77 bits per heavy atom. The molecular weight excluding hydrogens is 160 g/mol. The summed E-state index contributed by atoms with van der Waals surface area (Å²) in [5, 5.41) is 3.50. The zero-order valence-electron chi connectivity index (χ0n) is 8.92. The SMILES string of the molecule is CC1CNCCCN(C2CC2C)C1. The van der Waals surface area contributed by atoms with Crippen molar-refractivity contribution in [1.82, 2.24) is 10.2 Å². The lowest BCUT2D eigenvalue weighted by molar-refractivity contribution is 0.201. The predicted molar refractivity (Wildman–Crippen MR) is 55.8 cm³/mol. The van der Waals surface area contributed by atoms with Gasteiger partial charge in [-0.15, -0.1) is 0 Å². The van der Waals surface area contributed by atoms with Crippen LogP contribution >= 0.6 is 0 Å². The average molecular weight is 182 g/mol. The van der Waals surface area contributed by atoms with Crippen LogP contribution in [0.5, 0.6) is 0 Å². The lowest BCUT2D eigenvalue weighted by atomic mass is 10.1. The van der Waals surface area contributed by atoms with Gasteiger partial charge in [0.2, 0.25) is 0 Å². The van der Waals surface area contributed by atoms with Crippen LogP contribution in [0, 0.1) is 11.8 Å². The largest absolute Gasteiger partial charge is 0.316 e. The molecule has 3 unspecified atom stereocenters. The fraction of sp³-hybridized carbons (Fsp3) is 1.00. The van der Waals surface area contributed by atoms with Crippen molar-refractivity contribution >= 4 is 0 Å². The maximum atomic E-state index is 3.50. The van der Waals surface area contributed by atoms with E-state index in [1.165, 1.54) is 39.0 Å². The van der Waals surface area contributed by atoms with E-state index in [0.717, 1.165) is 17.9 Å². The summed E-state index contributed by atoms with van der Waals surface area (Å²) >= 11 is 0. The van der Waals surface area contributed by atoms with Crippen molar-refractivity contribution in [2.75, 3.05) is 26.2 Å². The summed E-state index contributed by atoms with van der Waals surface area (Å²) in [4.78, 5) is 2.72. The van der Waals surface area contributed by atoms with Crippen molar-refractivity contribution in [2.24, 2.45) is 11.8 Å². The molecule has 0 aromatic rings. The average Bonchev–Trinajstić information content (AvgIpc) is 2.75. The Bertz CT molecular complexity index is 169. The van der Waals surface area contributed by atoms with E-state index in [4.69, 9.17) is 0 Å². The first kappa shape index (κ1) is 9.47. The molecule has 76 valence electrons. The van der Waals surface area contributed by atoms with E-state index in [-0.39, 0.29) is 0 Å². The van der Waals surface area contributed by atoms with E-state index in [2.05, 4.69) is 24.1 Å². The molecule has 1 saturated heterocycles. The monoisotopic (exact) mass is 182 g/mol. The minimum atomic E-state index is 0.827. The standard InChI is InChI=1S/C11H22N2/c1-9-7-12-4-3-5-13(8-9)11-6-10(11)2/h9-12H,3-8H2,1-2H3. The maximum absolute atomic E-state index is 3.50. The van der Waals surface area contributed by atoms with Gasteiger partial charge >= 0.3 is 0 Å². The van der Waals surface area contributed by atoms with Crippen molar-refractivity contribution in [3.05, 3.63) is 0 Å². The maximum Gasteiger partial charge on any atom is 0.0125 e. The topological polar surface area (TPSA) is 15.3 Å². The van der Waals surface area contributed by atoms with Crippen LogP contribution in [0.15, 0.2) is 0 Å². The summed E-state index contributed by atoms with van der Waals surface area (Å²) in [7, 11) is 0. The van der Waals surface area contributed by atoms with Gasteiger partial charge in [-0.05, 0) is 44.3 Å². The molecule has 2 rings (SSSR count). The molecule has 3 atom stereocenters. The summed E-state index contributed by atoms with van der Waals surface area (Å²) in [6, 6.07) is 0.931. The van der Waals surface area contributed by atoms with Crippen LogP contribution in [-0.2, 0) is 0 Å². The Morgan fingerprint density at radius 1 is 1.31 bits per heavy atom. The van der Waals surface area contributed by atoms with Crippen molar-refractivity contribution in [1.29, 1.82) is 0 Å². The lowest BCUT2D eigenvalue weighted by Gasteiger charge is -2.28. The van der Waals surface area contributed by atoms with Crippen LogP contribution in [0.2, 0.25) is 0 Å². The normalized spacial score (nSPS) is 42.5. The Hall–Kier alpha value is -0.0800. The third-order valence-corrected chi connectivity index (χ3v) is 3.37. The van der Waals surface area contributed by atoms with Crippen LogP contribution in [-0.4, -0.2) is 37.1 Å². The first-order valence-electron chi connectivity index (χ1n) is 5.72. The fourth-order valence-electron chi connectivity index (χ4n) is 2.42. The molecule has 0 radical (unpaired) electrons. The minimum Gasteiger partial charge on any atom is -0.316 e. The highest BCUT2D eigenvalue weighted by Gasteiger charge is 2.38. The minimum absolute atomic E-state index is 0.827. The molecular formula is C11H22N2. The van der Waals surface area contributed by atoms with E-state index in [1.54, 1.807) is 0 Å². The molecule has 13 heavy (non-hydrogen) atoms. The van der Waals surface area contributed by atoms with E-state index < -0.39 is 0 Å². The lowest BCUT2D eigenvalue weighted by Crippen LogP contribution is -2.40. The Morgan fingerprint density at radius 2 is 2.08 bits per heavy atom. The molecule has 1 saturated carbocycles. The van der Waals surface area contributed by atoms with Crippen molar-refractivity contribution in [3.63, 3.8) is 0 Å². The first-order chi connectivity index (χ1) is 6.27. The van der Waals surface area contributed by atoms with Crippen LogP contribution in [0.25, 0.3) is 0 Å². The summed E-state index contributed by atoms with van der Waals surface area (Å²) in [5.74, 6) is 1.80. The van der Waals surface area contributed by atoms with Crippen molar-refractivity contribution < 1.29 is 0 Å². The van der Waals surface area contributed by atoms with Gasteiger partial charge in [0, 0.05) is 12.6 Å². The molecule has 0 aromatic heterocycles. The number of nitrogens with one attached hydrogen (secondary N) is 1. The number of hydrogen-bond donors (Lipinski definition) is 1. The highest BCUT2D eigenvalue weighted by Crippen LogP contribution is 2.35.